The first-order valence-electron chi connectivity index (χ1n) is 10.7. The zero-order chi connectivity index (χ0) is 21.8. The van der Waals surface area contributed by atoms with Crippen molar-refractivity contribution in [2.75, 3.05) is 5.32 Å². The van der Waals surface area contributed by atoms with E-state index in [4.69, 9.17) is 0 Å². The minimum absolute atomic E-state index is 0.0490. The van der Waals surface area contributed by atoms with Crippen LogP contribution >= 0.6 is 0 Å². The summed E-state index contributed by atoms with van der Waals surface area (Å²) in [7, 11) is 0. The SMILES string of the molecule is CCC1(c2ccc(NC(=O)CCc3ccc4ccccc4c3)cc2)CCC(=O)NC1=O. The number of hydrogen-bond donors (Lipinski definition) is 2. The lowest BCUT2D eigenvalue weighted by Gasteiger charge is -2.35. The summed E-state index contributed by atoms with van der Waals surface area (Å²) in [6.45, 7) is 1.96. The van der Waals surface area contributed by atoms with Crippen molar-refractivity contribution in [3.05, 3.63) is 77.9 Å². The summed E-state index contributed by atoms with van der Waals surface area (Å²) < 4.78 is 0. The van der Waals surface area contributed by atoms with Crippen LogP contribution in [0.5, 0.6) is 0 Å². The van der Waals surface area contributed by atoms with Crippen LogP contribution in [0.1, 0.15) is 43.7 Å². The summed E-state index contributed by atoms with van der Waals surface area (Å²) in [5.74, 6) is -0.505. The molecule has 158 valence electrons. The van der Waals surface area contributed by atoms with Gasteiger partial charge < -0.3 is 5.32 Å². The first-order chi connectivity index (χ1) is 15.0. The fraction of sp³-hybridized carbons (Fsp3) is 0.269. The third kappa shape index (κ3) is 4.36. The molecule has 5 heteroatoms. The van der Waals surface area contributed by atoms with E-state index in [-0.39, 0.29) is 17.7 Å². The van der Waals surface area contributed by atoms with E-state index in [1.807, 2.05) is 43.3 Å². The topological polar surface area (TPSA) is 75.3 Å². The van der Waals surface area contributed by atoms with Gasteiger partial charge in [0.15, 0.2) is 0 Å². The van der Waals surface area contributed by atoms with Crippen LogP contribution in [0.3, 0.4) is 0 Å². The lowest BCUT2D eigenvalue weighted by atomic mass is 9.72. The Morgan fingerprint density at radius 1 is 1.00 bits per heavy atom. The van der Waals surface area contributed by atoms with E-state index in [2.05, 4.69) is 41.0 Å². The van der Waals surface area contributed by atoms with Gasteiger partial charge in [-0.05, 0) is 53.3 Å². The van der Waals surface area contributed by atoms with Gasteiger partial charge >= 0.3 is 0 Å². The molecule has 1 aliphatic heterocycles. The summed E-state index contributed by atoms with van der Waals surface area (Å²) in [6.07, 6.45) is 2.52. The van der Waals surface area contributed by atoms with Gasteiger partial charge in [0.25, 0.3) is 0 Å². The van der Waals surface area contributed by atoms with Crippen molar-refractivity contribution in [1.82, 2.24) is 5.32 Å². The number of rotatable bonds is 6. The Labute approximate surface area is 181 Å². The fourth-order valence-corrected chi connectivity index (χ4v) is 4.31. The monoisotopic (exact) mass is 414 g/mol. The van der Waals surface area contributed by atoms with Gasteiger partial charge in [0.1, 0.15) is 0 Å². The van der Waals surface area contributed by atoms with Crippen molar-refractivity contribution >= 4 is 34.2 Å². The molecule has 3 amide bonds. The highest BCUT2D eigenvalue weighted by Crippen LogP contribution is 2.36. The number of amides is 3. The van der Waals surface area contributed by atoms with Gasteiger partial charge in [-0.1, -0.05) is 61.5 Å². The molecule has 0 bridgehead atoms. The average molecular weight is 415 g/mol. The summed E-state index contributed by atoms with van der Waals surface area (Å²) in [5.41, 5.74) is 2.01. The molecular weight excluding hydrogens is 388 g/mol. The molecule has 4 rings (SSSR count). The lowest BCUT2D eigenvalue weighted by molar-refractivity contribution is -0.138. The van der Waals surface area contributed by atoms with Gasteiger partial charge in [-0.3, -0.25) is 19.7 Å². The molecule has 31 heavy (non-hydrogen) atoms. The maximum atomic E-state index is 12.5. The summed E-state index contributed by atoms with van der Waals surface area (Å²) >= 11 is 0. The van der Waals surface area contributed by atoms with E-state index in [1.165, 1.54) is 10.8 Å². The van der Waals surface area contributed by atoms with Gasteiger partial charge in [0.2, 0.25) is 17.7 Å². The van der Waals surface area contributed by atoms with Crippen LogP contribution < -0.4 is 10.6 Å². The number of imide groups is 1. The van der Waals surface area contributed by atoms with Gasteiger partial charge in [-0.25, -0.2) is 0 Å². The predicted octanol–water partition coefficient (Wildman–Crippen LogP) is 4.50. The van der Waals surface area contributed by atoms with Crippen molar-refractivity contribution in [2.45, 2.75) is 44.4 Å². The van der Waals surface area contributed by atoms with Crippen LogP contribution in [-0.4, -0.2) is 17.7 Å². The molecule has 1 aliphatic rings. The number of nitrogens with one attached hydrogen (secondary N) is 2. The van der Waals surface area contributed by atoms with Crippen LogP contribution in [0.2, 0.25) is 0 Å². The third-order valence-electron chi connectivity index (χ3n) is 6.25. The van der Waals surface area contributed by atoms with E-state index < -0.39 is 5.41 Å². The largest absolute Gasteiger partial charge is 0.326 e. The second-order valence-electron chi connectivity index (χ2n) is 8.12. The van der Waals surface area contributed by atoms with E-state index in [1.54, 1.807) is 0 Å². The Bertz CT molecular complexity index is 1140. The Morgan fingerprint density at radius 3 is 2.45 bits per heavy atom. The van der Waals surface area contributed by atoms with Gasteiger partial charge in [0.05, 0.1) is 5.41 Å². The number of fused-ring (bicyclic) bond motifs is 1. The van der Waals surface area contributed by atoms with Crippen molar-refractivity contribution in [2.24, 2.45) is 0 Å². The van der Waals surface area contributed by atoms with Crippen molar-refractivity contribution in [3.63, 3.8) is 0 Å². The van der Waals surface area contributed by atoms with E-state index in [0.29, 0.717) is 37.8 Å². The maximum absolute atomic E-state index is 12.5. The normalized spacial score (nSPS) is 18.6. The Balaban J connectivity index is 1.38. The van der Waals surface area contributed by atoms with Gasteiger partial charge in [0, 0.05) is 18.5 Å². The minimum Gasteiger partial charge on any atom is -0.326 e. The number of piperidine rings is 1. The molecule has 0 saturated carbocycles. The van der Waals surface area contributed by atoms with E-state index in [9.17, 15) is 14.4 Å². The molecule has 2 N–H and O–H groups in total. The van der Waals surface area contributed by atoms with Gasteiger partial charge in [-0.15, -0.1) is 0 Å². The molecule has 1 fully saturated rings. The molecular formula is C26H26N2O3. The molecule has 0 spiro atoms. The highest BCUT2D eigenvalue weighted by Gasteiger charge is 2.42. The number of carbonyl (C=O) groups is 3. The molecule has 0 aromatic heterocycles. The van der Waals surface area contributed by atoms with E-state index >= 15 is 0 Å². The number of hydrogen-bond acceptors (Lipinski definition) is 3. The van der Waals surface area contributed by atoms with Gasteiger partial charge in [-0.2, -0.15) is 0 Å². The van der Waals surface area contributed by atoms with Crippen LogP contribution in [0.4, 0.5) is 5.69 Å². The van der Waals surface area contributed by atoms with Crippen molar-refractivity contribution < 1.29 is 14.4 Å². The van der Waals surface area contributed by atoms with Crippen molar-refractivity contribution in [1.29, 1.82) is 0 Å². The highest BCUT2D eigenvalue weighted by molar-refractivity contribution is 6.03. The highest BCUT2D eigenvalue weighted by atomic mass is 16.2. The standard InChI is InChI=1S/C26H26N2O3/c1-2-26(16-15-24(30)28-25(26)31)21-10-12-22(13-11-21)27-23(29)14-8-18-7-9-19-5-3-4-6-20(19)17-18/h3-7,9-13,17H,2,8,14-16H2,1H3,(H,27,29)(H,28,30,31). The minimum atomic E-state index is -0.688. The maximum Gasteiger partial charge on any atom is 0.237 e. The molecule has 3 aromatic rings. The molecule has 3 aromatic carbocycles. The van der Waals surface area contributed by atoms with Crippen molar-refractivity contribution in [3.8, 4) is 0 Å². The Morgan fingerprint density at radius 2 is 1.74 bits per heavy atom. The lowest BCUT2D eigenvalue weighted by Crippen LogP contribution is -2.51. The first-order valence-corrected chi connectivity index (χ1v) is 10.7. The van der Waals surface area contributed by atoms with Crippen LogP contribution in [0.15, 0.2) is 66.7 Å². The van der Waals surface area contributed by atoms with Crippen LogP contribution in [0, 0.1) is 0 Å². The molecule has 1 unspecified atom stereocenters. The van der Waals surface area contributed by atoms with Crippen LogP contribution in [-0.2, 0) is 26.2 Å². The molecule has 0 aliphatic carbocycles. The number of aryl methyl sites for hydroxylation is 1. The average Bonchev–Trinajstić information content (AvgIpc) is 2.79. The predicted molar refractivity (Wildman–Crippen MR) is 122 cm³/mol. The number of carbonyl (C=O) groups excluding carboxylic acids is 3. The second-order valence-corrected chi connectivity index (χ2v) is 8.12. The first kappa shape index (κ1) is 20.8. The zero-order valence-corrected chi connectivity index (χ0v) is 17.6. The molecule has 1 saturated heterocycles. The fourth-order valence-electron chi connectivity index (χ4n) is 4.31. The number of anilines is 1. The molecule has 0 radical (unpaired) electrons. The third-order valence-corrected chi connectivity index (χ3v) is 6.25. The smallest absolute Gasteiger partial charge is 0.237 e. The second kappa shape index (κ2) is 8.72. The molecule has 1 atom stereocenters. The molecule has 5 nitrogen and oxygen atoms in total. The summed E-state index contributed by atoms with van der Waals surface area (Å²) in [4.78, 5) is 36.5. The molecule has 1 heterocycles. The van der Waals surface area contributed by atoms with E-state index in [0.717, 1.165) is 11.1 Å². The Hall–Kier alpha value is -3.47. The number of benzene rings is 3. The quantitative estimate of drug-likeness (QED) is 0.584. The van der Waals surface area contributed by atoms with Crippen LogP contribution in [0.25, 0.3) is 10.8 Å². The zero-order valence-electron chi connectivity index (χ0n) is 17.6. The summed E-state index contributed by atoms with van der Waals surface area (Å²) in [6, 6.07) is 21.8. The summed E-state index contributed by atoms with van der Waals surface area (Å²) in [5, 5.41) is 7.76. The Kier molecular flexibility index (Phi) is 5.85.